The highest BCUT2D eigenvalue weighted by Gasteiger charge is 2.00. The minimum atomic E-state index is 0.587. The molecule has 88 valence electrons. The third kappa shape index (κ3) is 3.07. The summed E-state index contributed by atoms with van der Waals surface area (Å²) in [5.41, 5.74) is 1.48. The third-order valence-electron chi connectivity index (χ3n) is 2.38. The van der Waals surface area contributed by atoms with Crippen molar-refractivity contribution in [2.45, 2.75) is 13.5 Å². The standard InChI is InChI=1S/C13H13NO2S/c1-10(14-15)11-4-6-12(7-5-11)16-9-13-3-2-8-17-13/h2-8,15H,9H2,1H3/b14-10+. The lowest BCUT2D eigenvalue weighted by atomic mass is 10.1. The van der Waals surface area contributed by atoms with Gasteiger partial charge >= 0.3 is 0 Å². The second-order valence-corrected chi connectivity index (χ2v) is 4.61. The zero-order chi connectivity index (χ0) is 12.1. The molecule has 1 heterocycles. The monoisotopic (exact) mass is 247 g/mol. The lowest BCUT2D eigenvalue weighted by Crippen LogP contribution is -1.96. The average Bonchev–Trinajstić information content (AvgIpc) is 2.89. The molecule has 1 aromatic carbocycles. The van der Waals surface area contributed by atoms with Crippen LogP contribution in [-0.2, 0) is 6.61 Å². The van der Waals surface area contributed by atoms with Crippen LogP contribution in [0.5, 0.6) is 5.75 Å². The van der Waals surface area contributed by atoms with Crippen molar-refractivity contribution in [3.63, 3.8) is 0 Å². The molecule has 3 nitrogen and oxygen atoms in total. The molecule has 0 aliphatic rings. The second kappa shape index (κ2) is 5.50. The van der Waals surface area contributed by atoms with E-state index in [1.54, 1.807) is 18.3 Å². The van der Waals surface area contributed by atoms with Gasteiger partial charge in [-0.15, -0.1) is 11.3 Å². The van der Waals surface area contributed by atoms with Crippen LogP contribution in [-0.4, -0.2) is 10.9 Å². The molecule has 2 aromatic rings. The third-order valence-corrected chi connectivity index (χ3v) is 3.23. The van der Waals surface area contributed by atoms with Crippen molar-refractivity contribution in [2.75, 3.05) is 0 Å². The van der Waals surface area contributed by atoms with Gasteiger partial charge in [0.2, 0.25) is 0 Å². The van der Waals surface area contributed by atoms with Crippen LogP contribution in [0.25, 0.3) is 0 Å². The molecule has 0 atom stereocenters. The molecule has 2 rings (SSSR count). The lowest BCUT2D eigenvalue weighted by molar-refractivity contribution is 0.309. The molecule has 0 saturated carbocycles. The number of hydrogen-bond acceptors (Lipinski definition) is 4. The molecule has 0 fully saturated rings. The summed E-state index contributed by atoms with van der Waals surface area (Å²) in [6, 6.07) is 11.5. The Morgan fingerprint density at radius 3 is 2.65 bits per heavy atom. The topological polar surface area (TPSA) is 41.8 Å². The fourth-order valence-electron chi connectivity index (χ4n) is 1.40. The maximum atomic E-state index is 8.64. The minimum Gasteiger partial charge on any atom is -0.488 e. The molecule has 0 amide bonds. The van der Waals surface area contributed by atoms with E-state index in [1.165, 1.54) is 4.88 Å². The van der Waals surface area contributed by atoms with Crippen LogP contribution in [0.15, 0.2) is 46.9 Å². The molecule has 17 heavy (non-hydrogen) atoms. The molecule has 0 spiro atoms. The summed E-state index contributed by atoms with van der Waals surface area (Å²) in [7, 11) is 0. The van der Waals surface area contributed by atoms with E-state index in [2.05, 4.69) is 5.16 Å². The van der Waals surface area contributed by atoms with Crippen LogP contribution in [0.3, 0.4) is 0 Å². The largest absolute Gasteiger partial charge is 0.488 e. The number of thiophene rings is 1. The highest BCUT2D eigenvalue weighted by molar-refractivity contribution is 7.09. The Balaban J connectivity index is 1.99. The van der Waals surface area contributed by atoms with Crippen molar-refractivity contribution in [3.05, 3.63) is 52.2 Å². The number of rotatable bonds is 4. The highest BCUT2D eigenvalue weighted by Crippen LogP contribution is 2.16. The van der Waals surface area contributed by atoms with Gasteiger partial charge in [-0.05, 0) is 48.2 Å². The number of nitrogens with zero attached hydrogens (tertiary/aromatic N) is 1. The predicted octanol–water partition coefficient (Wildman–Crippen LogP) is 3.53. The zero-order valence-corrected chi connectivity index (χ0v) is 10.3. The minimum absolute atomic E-state index is 0.587. The van der Waals surface area contributed by atoms with Crippen LogP contribution < -0.4 is 4.74 Å². The smallest absolute Gasteiger partial charge is 0.122 e. The first kappa shape index (κ1) is 11.7. The van der Waals surface area contributed by atoms with E-state index in [0.717, 1.165) is 11.3 Å². The van der Waals surface area contributed by atoms with E-state index in [9.17, 15) is 0 Å². The summed E-state index contributed by atoms with van der Waals surface area (Å²) in [5.74, 6) is 0.813. The fraction of sp³-hybridized carbons (Fsp3) is 0.154. The molecule has 1 aromatic heterocycles. The van der Waals surface area contributed by atoms with Crippen molar-refractivity contribution in [2.24, 2.45) is 5.16 Å². The second-order valence-electron chi connectivity index (χ2n) is 3.58. The average molecular weight is 247 g/mol. The molecule has 0 aliphatic carbocycles. The number of hydrogen-bond donors (Lipinski definition) is 1. The number of ether oxygens (including phenoxy) is 1. The molecule has 0 bridgehead atoms. The van der Waals surface area contributed by atoms with Crippen molar-refractivity contribution in [3.8, 4) is 5.75 Å². The van der Waals surface area contributed by atoms with Gasteiger partial charge in [0, 0.05) is 4.88 Å². The number of oxime groups is 1. The molecule has 0 aliphatic heterocycles. The van der Waals surface area contributed by atoms with Crippen molar-refractivity contribution in [1.82, 2.24) is 0 Å². The van der Waals surface area contributed by atoms with E-state index in [0.29, 0.717) is 12.3 Å². The van der Waals surface area contributed by atoms with Crippen LogP contribution in [0, 0.1) is 0 Å². The van der Waals surface area contributed by atoms with Gasteiger partial charge in [-0.1, -0.05) is 11.2 Å². The number of benzene rings is 1. The van der Waals surface area contributed by atoms with Gasteiger partial charge in [0.25, 0.3) is 0 Å². The Bertz CT molecular complexity index is 489. The van der Waals surface area contributed by atoms with Crippen LogP contribution in [0.2, 0.25) is 0 Å². The Morgan fingerprint density at radius 2 is 2.06 bits per heavy atom. The van der Waals surface area contributed by atoms with E-state index in [-0.39, 0.29) is 0 Å². The highest BCUT2D eigenvalue weighted by atomic mass is 32.1. The lowest BCUT2D eigenvalue weighted by Gasteiger charge is -2.05. The van der Waals surface area contributed by atoms with E-state index in [4.69, 9.17) is 9.94 Å². The predicted molar refractivity (Wildman–Crippen MR) is 69.1 cm³/mol. The maximum absolute atomic E-state index is 8.64. The summed E-state index contributed by atoms with van der Waals surface area (Å²) in [5, 5.41) is 13.8. The van der Waals surface area contributed by atoms with E-state index >= 15 is 0 Å². The van der Waals surface area contributed by atoms with E-state index < -0.39 is 0 Å². The van der Waals surface area contributed by atoms with Gasteiger partial charge in [-0.25, -0.2) is 0 Å². The molecular weight excluding hydrogens is 234 g/mol. The Morgan fingerprint density at radius 1 is 1.29 bits per heavy atom. The van der Waals surface area contributed by atoms with Gasteiger partial charge in [-0.3, -0.25) is 0 Å². The molecular formula is C13H13NO2S. The van der Waals surface area contributed by atoms with Gasteiger partial charge in [-0.2, -0.15) is 0 Å². The van der Waals surface area contributed by atoms with Gasteiger partial charge < -0.3 is 9.94 Å². The SMILES string of the molecule is C/C(=N\O)c1ccc(OCc2cccs2)cc1. The quantitative estimate of drug-likeness (QED) is 0.510. The summed E-state index contributed by atoms with van der Waals surface area (Å²) < 4.78 is 5.63. The van der Waals surface area contributed by atoms with Crippen molar-refractivity contribution < 1.29 is 9.94 Å². The first-order valence-electron chi connectivity index (χ1n) is 5.24. The summed E-state index contributed by atoms with van der Waals surface area (Å²) in [6.07, 6.45) is 0. The maximum Gasteiger partial charge on any atom is 0.122 e. The Hall–Kier alpha value is -1.81. The summed E-state index contributed by atoms with van der Waals surface area (Å²) in [4.78, 5) is 1.20. The first-order valence-corrected chi connectivity index (χ1v) is 6.12. The molecule has 4 heteroatoms. The molecule has 0 saturated heterocycles. The normalized spacial score (nSPS) is 11.5. The van der Waals surface area contributed by atoms with E-state index in [1.807, 2.05) is 41.8 Å². The van der Waals surface area contributed by atoms with Crippen molar-refractivity contribution >= 4 is 17.0 Å². The summed E-state index contributed by atoms with van der Waals surface area (Å²) >= 11 is 1.68. The summed E-state index contributed by atoms with van der Waals surface area (Å²) in [6.45, 7) is 2.34. The Labute approximate surface area is 104 Å². The van der Waals surface area contributed by atoms with Gasteiger partial charge in [0.05, 0.1) is 5.71 Å². The fourth-order valence-corrected chi connectivity index (χ4v) is 2.02. The van der Waals surface area contributed by atoms with Crippen LogP contribution in [0.4, 0.5) is 0 Å². The van der Waals surface area contributed by atoms with Gasteiger partial charge in [0.15, 0.2) is 0 Å². The van der Waals surface area contributed by atoms with Crippen LogP contribution >= 0.6 is 11.3 Å². The first-order chi connectivity index (χ1) is 8.29. The molecule has 0 radical (unpaired) electrons. The van der Waals surface area contributed by atoms with Crippen molar-refractivity contribution in [1.29, 1.82) is 0 Å². The zero-order valence-electron chi connectivity index (χ0n) is 9.46. The molecule has 0 unspecified atom stereocenters. The van der Waals surface area contributed by atoms with Crippen LogP contribution in [0.1, 0.15) is 17.4 Å². The Kier molecular flexibility index (Phi) is 3.77. The molecule has 1 N–H and O–H groups in total. The van der Waals surface area contributed by atoms with Gasteiger partial charge in [0.1, 0.15) is 12.4 Å².